The molecule has 0 saturated heterocycles. The van der Waals surface area contributed by atoms with Gasteiger partial charge in [-0.15, -0.1) is 0 Å². The van der Waals surface area contributed by atoms with E-state index >= 15 is 0 Å². The molecule has 0 bridgehead atoms. The Hall–Kier alpha value is 0.650. The van der Waals surface area contributed by atoms with Crippen molar-refractivity contribution in [3.05, 3.63) is 0 Å². The van der Waals surface area contributed by atoms with E-state index in [0.29, 0.717) is 21.5 Å². The van der Waals surface area contributed by atoms with Gasteiger partial charge in [0, 0.05) is 0 Å². The molecule has 0 atom stereocenters. The van der Waals surface area contributed by atoms with Crippen LogP contribution in [0.4, 0.5) is 0 Å². The van der Waals surface area contributed by atoms with Crippen LogP contribution < -0.4 is 0 Å². The van der Waals surface area contributed by atoms with Crippen LogP contribution in [0.5, 0.6) is 0 Å². The third kappa shape index (κ3) is 4.65. The molecule has 0 rings (SSSR count). The molecule has 0 heterocycles. The second kappa shape index (κ2) is 2.87. The Morgan fingerprint density at radius 1 is 1.60 bits per heavy atom. The molecule has 5 heteroatoms. The molecule has 0 aromatic rings. The van der Waals surface area contributed by atoms with Crippen LogP contribution in [0.2, 0.25) is 0 Å². The maximum atomic E-state index is 9.21. The summed E-state index contributed by atoms with van der Waals surface area (Å²) in [5.41, 5.74) is 0. The molecular weight excluding hydrogens is 261 g/mol. The van der Waals surface area contributed by atoms with E-state index < -0.39 is 11.0 Å². The molecule has 0 aliphatic rings. The van der Waals surface area contributed by atoms with Crippen molar-refractivity contribution < 1.29 is 32.6 Å². The normalized spacial score (nSPS) is 9.00. The fourth-order valence-corrected chi connectivity index (χ4v) is 0. The Kier molecular flexibility index (Phi) is 3.24. The molecule has 30 valence electrons. The number of rotatable bonds is 1. The zero-order valence-corrected chi connectivity index (χ0v) is 6.23. The summed E-state index contributed by atoms with van der Waals surface area (Å²) in [4.78, 5) is 0. The summed E-state index contributed by atoms with van der Waals surface area (Å²) in [5.74, 6) is 0. The second-order valence-corrected chi connectivity index (χ2v) is 2.68. The van der Waals surface area contributed by atoms with E-state index in [0.717, 1.165) is 0 Å². The van der Waals surface area contributed by atoms with E-state index in [-0.39, 0.29) is 0 Å². The Morgan fingerprint density at radius 3 is 1.80 bits per heavy atom. The Labute approximate surface area is 43.9 Å². The van der Waals surface area contributed by atoms with Crippen molar-refractivity contribution in [2.75, 3.05) is 0 Å². The molecule has 0 radical (unpaired) electrons. The van der Waals surface area contributed by atoms with Crippen LogP contribution in [-0.2, 0) is 35.1 Å². The van der Waals surface area contributed by atoms with Gasteiger partial charge in [-0.3, -0.25) is 0 Å². The summed E-state index contributed by atoms with van der Waals surface area (Å²) in [5, 5.41) is 0. The minimum absolute atomic E-state index is 0.442. The summed E-state index contributed by atoms with van der Waals surface area (Å²) >= 11 is 0.442. The van der Waals surface area contributed by atoms with Crippen LogP contribution in [0.15, 0.2) is 0 Å². The quantitative estimate of drug-likeness (QED) is 0.616. The number of thiol groups is 1. The van der Waals surface area contributed by atoms with Gasteiger partial charge in [-0.05, 0) is 0 Å². The minimum atomic E-state index is -2.55. The van der Waals surface area contributed by atoms with Crippen LogP contribution in [0.1, 0.15) is 0 Å². The summed E-state index contributed by atoms with van der Waals surface area (Å²) < 4.78 is 22.2. The van der Waals surface area contributed by atoms with Crippen molar-refractivity contribution in [1.82, 2.24) is 0 Å². The van der Waals surface area contributed by atoms with E-state index in [1.807, 2.05) is 0 Å². The molecule has 0 aliphatic carbocycles. The predicted octanol–water partition coefficient (Wildman–Crippen LogP) is -1.01. The molecule has 0 unspecified atom stereocenters. The Balaban J connectivity index is 3.23. The van der Waals surface area contributed by atoms with Gasteiger partial charge in [0.15, 0.2) is 0 Å². The van der Waals surface area contributed by atoms with Gasteiger partial charge in [0.25, 0.3) is 0 Å². The van der Waals surface area contributed by atoms with Gasteiger partial charge < -0.3 is 0 Å². The van der Waals surface area contributed by atoms with E-state index in [4.69, 9.17) is 0 Å². The first-order valence-electron chi connectivity index (χ1n) is 0.730. The Bertz CT molecular complexity index is 65.0. The van der Waals surface area contributed by atoms with Crippen LogP contribution in [0.25, 0.3) is 0 Å². The third-order valence-corrected chi connectivity index (χ3v) is 1.64. The van der Waals surface area contributed by atoms with Crippen LogP contribution in [0, 0.1) is 0 Å². The monoisotopic (exact) mass is 262 g/mol. The summed E-state index contributed by atoms with van der Waals surface area (Å²) in [7, 11) is -2.55. The molecule has 0 aliphatic heterocycles. The molecule has 3 nitrogen and oxygen atoms in total. The van der Waals surface area contributed by atoms with Crippen molar-refractivity contribution in [1.29, 1.82) is 0 Å². The number of hydrogen-bond acceptors (Lipinski definition) is 3. The van der Waals surface area contributed by atoms with Gasteiger partial charge in [0.05, 0.1) is 0 Å². The first-order valence-corrected chi connectivity index (χ1v) is 3.14. The first-order chi connectivity index (χ1) is 2.27. The molecule has 0 saturated carbocycles. The molecule has 0 amide bonds. The third-order valence-electron chi connectivity index (χ3n) is 0.0667. The van der Waals surface area contributed by atoms with Gasteiger partial charge >= 0.3 is 43.6 Å². The molecule has 0 fully saturated rings. The average Bonchev–Trinajstić information content (AvgIpc) is 1.38. The molecule has 0 aromatic carbocycles. The summed E-state index contributed by atoms with van der Waals surface area (Å²) in [6.07, 6.45) is 0. The van der Waals surface area contributed by atoms with Crippen molar-refractivity contribution in [2.45, 2.75) is 0 Å². The van der Waals surface area contributed by atoms with Gasteiger partial charge in [0.2, 0.25) is 0 Å². The van der Waals surface area contributed by atoms with E-state index in [9.17, 15) is 8.42 Å². The molecule has 0 aromatic heterocycles. The fraction of sp³-hybridized carbons (Fsp3) is 0. The van der Waals surface area contributed by atoms with Crippen molar-refractivity contribution >= 4 is 11.0 Å². The topological polar surface area (TPSA) is 43.4 Å². The summed E-state index contributed by atoms with van der Waals surface area (Å²) in [6, 6.07) is 0. The molecule has 0 spiro atoms. The van der Waals surface area contributed by atoms with Gasteiger partial charge in [0.1, 0.15) is 0 Å². The van der Waals surface area contributed by atoms with Crippen molar-refractivity contribution in [2.24, 2.45) is 0 Å². The first kappa shape index (κ1) is 5.65. The zero-order chi connectivity index (χ0) is 4.28. The predicted molar refractivity (Wildman–Crippen MR) is 11.4 cm³/mol. The Morgan fingerprint density at radius 2 is 1.80 bits per heavy atom. The van der Waals surface area contributed by atoms with Gasteiger partial charge in [-0.25, -0.2) is 0 Å². The molecule has 5 heavy (non-hydrogen) atoms. The fourth-order valence-electron chi connectivity index (χ4n) is 0. The second-order valence-electron chi connectivity index (χ2n) is 0.305. The zero-order valence-electron chi connectivity index (χ0n) is 2.12. The van der Waals surface area contributed by atoms with E-state index in [2.05, 4.69) is 2.69 Å². The van der Waals surface area contributed by atoms with Gasteiger partial charge in [-0.1, -0.05) is 0 Å². The van der Waals surface area contributed by atoms with Crippen LogP contribution in [-0.4, -0.2) is 8.42 Å². The van der Waals surface area contributed by atoms with Crippen LogP contribution >= 0.6 is 0 Å². The average molecular weight is 262 g/mol. The number of hydrogen-bond donors (Lipinski definition) is 1. The summed E-state index contributed by atoms with van der Waals surface area (Å²) in [6.45, 7) is 0. The SMILES string of the molecule is O=[SH](=O)[O][Ta]. The van der Waals surface area contributed by atoms with E-state index in [1.54, 1.807) is 0 Å². The maximum absolute atomic E-state index is 9.21. The van der Waals surface area contributed by atoms with Crippen molar-refractivity contribution in [3.63, 3.8) is 0 Å². The van der Waals surface area contributed by atoms with Gasteiger partial charge in [-0.2, -0.15) is 0 Å². The molecule has 0 N–H and O–H groups in total. The van der Waals surface area contributed by atoms with E-state index in [1.165, 1.54) is 0 Å². The standard InChI is InChI=1S/H2O3S.Ta/c1-4(2)3;/h4H,(H,1,2,3);/q;+1/p-1. The molecular formula is HO3STa. The van der Waals surface area contributed by atoms with Crippen molar-refractivity contribution in [3.8, 4) is 0 Å². The van der Waals surface area contributed by atoms with Crippen LogP contribution in [0.3, 0.4) is 0 Å².